The van der Waals surface area contributed by atoms with E-state index in [-0.39, 0.29) is 29.4 Å². The molecule has 0 heterocycles. The van der Waals surface area contributed by atoms with Gasteiger partial charge in [0.1, 0.15) is 11.3 Å². The summed E-state index contributed by atoms with van der Waals surface area (Å²) >= 11 is 3.39. The summed E-state index contributed by atoms with van der Waals surface area (Å²) in [6.45, 7) is 0.162. The van der Waals surface area contributed by atoms with Crippen LogP contribution in [0.4, 0.5) is 5.69 Å². The number of nitro benzene ring substituents is 1. The Morgan fingerprint density at radius 2 is 1.66 bits per heavy atom. The van der Waals surface area contributed by atoms with Gasteiger partial charge in [0.25, 0.3) is 5.91 Å². The van der Waals surface area contributed by atoms with Gasteiger partial charge in [-0.15, -0.1) is 0 Å². The number of rotatable bonds is 8. The van der Waals surface area contributed by atoms with Gasteiger partial charge in [0, 0.05) is 29.7 Å². The standard InChI is InChI=1S/C19H21BrN2O7/c1-21(10-11-8-12(20)6-7-14(11)26-2)19(23)13-9-15(27-3)17(28-4)18(29-5)16(13)22(24)25/h6-9H,10H2,1-5H3. The third kappa shape index (κ3) is 4.53. The van der Waals surface area contributed by atoms with Crippen LogP contribution in [0.25, 0.3) is 0 Å². The number of hydrogen-bond acceptors (Lipinski definition) is 7. The SMILES string of the molecule is COc1ccc(Br)cc1CN(C)C(=O)c1cc(OC)c(OC)c(OC)c1[N+](=O)[O-]. The van der Waals surface area contributed by atoms with Gasteiger partial charge in [-0.25, -0.2) is 0 Å². The average molecular weight is 469 g/mol. The highest BCUT2D eigenvalue weighted by atomic mass is 79.9. The van der Waals surface area contributed by atoms with Gasteiger partial charge in [-0.05, 0) is 18.2 Å². The van der Waals surface area contributed by atoms with Crippen molar-refractivity contribution in [3.8, 4) is 23.0 Å². The zero-order valence-corrected chi connectivity index (χ0v) is 18.2. The summed E-state index contributed by atoms with van der Waals surface area (Å²) in [6, 6.07) is 6.66. The van der Waals surface area contributed by atoms with Crippen LogP contribution in [0.5, 0.6) is 23.0 Å². The predicted molar refractivity (Wildman–Crippen MR) is 109 cm³/mol. The molecule has 0 aliphatic rings. The average Bonchev–Trinajstić information content (AvgIpc) is 2.71. The zero-order valence-electron chi connectivity index (χ0n) is 16.6. The van der Waals surface area contributed by atoms with Crippen LogP contribution in [0.3, 0.4) is 0 Å². The number of carbonyl (C=O) groups excluding carboxylic acids is 1. The molecule has 10 heteroatoms. The van der Waals surface area contributed by atoms with Crippen molar-refractivity contribution in [2.24, 2.45) is 0 Å². The highest BCUT2D eigenvalue weighted by Crippen LogP contribution is 2.46. The summed E-state index contributed by atoms with van der Waals surface area (Å²) in [5.41, 5.74) is 0.0528. The van der Waals surface area contributed by atoms with E-state index < -0.39 is 16.5 Å². The lowest BCUT2D eigenvalue weighted by molar-refractivity contribution is -0.386. The van der Waals surface area contributed by atoms with E-state index in [9.17, 15) is 14.9 Å². The monoisotopic (exact) mass is 468 g/mol. The maximum absolute atomic E-state index is 13.1. The number of halogens is 1. The topological polar surface area (TPSA) is 100 Å². The van der Waals surface area contributed by atoms with Gasteiger partial charge in [-0.3, -0.25) is 14.9 Å². The van der Waals surface area contributed by atoms with Crippen LogP contribution in [0, 0.1) is 10.1 Å². The minimum atomic E-state index is -0.679. The Kier molecular flexibility index (Phi) is 7.27. The molecule has 2 rings (SSSR count). The molecule has 0 bridgehead atoms. The molecule has 0 fully saturated rings. The molecule has 0 saturated heterocycles. The fraction of sp³-hybridized carbons (Fsp3) is 0.316. The quantitative estimate of drug-likeness (QED) is 0.430. The van der Waals surface area contributed by atoms with Crippen LogP contribution in [0.1, 0.15) is 15.9 Å². The summed E-state index contributed by atoms with van der Waals surface area (Å²) in [5.74, 6) is 0.000146. The fourth-order valence-corrected chi connectivity index (χ4v) is 3.30. The van der Waals surface area contributed by atoms with Crippen molar-refractivity contribution in [3.05, 3.63) is 50.0 Å². The Hall–Kier alpha value is -3.01. The first-order valence-electron chi connectivity index (χ1n) is 8.34. The third-order valence-corrected chi connectivity index (χ3v) is 4.71. The molecule has 1 amide bonds. The van der Waals surface area contributed by atoms with Crippen LogP contribution in [-0.2, 0) is 6.54 Å². The highest BCUT2D eigenvalue weighted by Gasteiger charge is 2.33. The minimum absolute atomic E-state index is 0.0366. The van der Waals surface area contributed by atoms with E-state index >= 15 is 0 Å². The van der Waals surface area contributed by atoms with Gasteiger partial charge >= 0.3 is 5.69 Å². The van der Waals surface area contributed by atoms with Gasteiger partial charge < -0.3 is 23.8 Å². The Morgan fingerprint density at radius 1 is 1.03 bits per heavy atom. The van der Waals surface area contributed by atoms with Crippen LogP contribution in [-0.4, -0.2) is 51.2 Å². The van der Waals surface area contributed by atoms with Crippen molar-refractivity contribution in [1.82, 2.24) is 4.90 Å². The lowest BCUT2D eigenvalue weighted by Crippen LogP contribution is -2.27. The smallest absolute Gasteiger partial charge is 0.327 e. The Bertz CT molecular complexity index is 933. The van der Waals surface area contributed by atoms with E-state index in [1.54, 1.807) is 6.07 Å². The molecule has 0 unspecified atom stereocenters. The molecule has 29 heavy (non-hydrogen) atoms. The number of methoxy groups -OCH3 is 4. The number of amides is 1. The van der Waals surface area contributed by atoms with Crippen LogP contribution in [0.15, 0.2) is 28.7 Å². The van der Waals surface area contributed by atoms with Crippen molar-refractivity contribution in [1.29, 1.82) is 0 Å². The molecular formula is C19H21BrN2O7. The minimum Gasteiger partial charge on any atom is -0.496 e. The van der Waals surface area contributed by atoms with Gasteiger partial charge in [-0.1, -0.05) is 15.9 Å². The van der Waals surface area contributed by atoms with Crippen molar-refractivity contribution >= 4 is 27.5 Å². The fourth-order valence-electron chi connectivity index (χ4n) is 2.89. The number of ether oxygens (including phenoxy) is 4. The maximum atomic E-state index is 13.1. The molecule has 0 aliphatic carbocycles. The lowest BCUT2D eigenvalue weighted by atomic mass is 10.1. The molecule has 9 nitrogen and oxygen atoms in total. The first-order chi connectivity index (χ1) is 13.8. The van der Waals surface area contributed by atoms with Crippen molar-refractivity contribution in [2.75, 3.05) is 35.5 Å². The predicted octanol–water partition coefficient (Wildman–Crippen LogP) is 3.66. The molecular weight excluding hydrogens is 448 g/mol. The van der Waals surface area contributed by atoms with Crippen LogP contribution < -0.4 is 18.9 Å². The third-order valence-electron chi connectivity index (χ3n) is 4.21. The second-order valence-electron chi connectivity index (χ2n) is 5.92. The Labute approximate surface area is 176 Å². The van der Waals surface area contributed by atoms with Crippen LogP contribution >= 0.6 is 15.9 Å². The van der Waals surface area contributed by atoms with E-state index in [2.05, 4.69) is 15.9 Å². The van der Waals surface area contributed by atoms with Gasteiger partial charge in [-0.2, -0.15) is 0 Å². The molecule has 0 saturated carbocycles. The molecule has 2 aromatic rings. The Balaban J connectivity index is 2.54. The number of benzene rings is 2. The van der Waals surface area contributed by atoms with E-state index in [0.29, 0.717) is 5.75 Å². The van der Waals surface area contributed by atoms with Crippen LogP contribution in [0.2, 0.25) is 0 Å². The summed E-state index contributed by atoms with van der Waals surface area (Å²) in [5, 5.41) is 11.7. The summed E-state index contributed by atoms with van der Waals surface area (Å²) in [7, 11) is 7.02. The molecule has 0 N–H and O–H groups in total. The van der Waals surface area contributed by atoms with E-state index in [0.717, 1.165) is 10.0 Å². The van der Waals surface area contributed by atoms with E-state index in [4.69, 9.17) is 18.9 Å². The number of carbonyl (C=O) groups is 1. The highest BCUT2D eigenvalue weighted by molar-refractivity contribution is 9.10. The molecule has 0 aromatic heterocycles. The second-order valence-corrected chi connectivity index (χ2v) is 6.83. The first kappa shape index (κ1) is 22.3. The van der Waals surface area contributed by atoms with Gasteiger partial charge in [0.05, 0.1) is 33.4 Å². The number of nitro groups is 1. The molecule has 0 radical (unpaired) electrons. The lowest BCUT2D eigenvalue weighted by Gasteiger charge is -2.21. The summed E-state index contributed by atoms with van der Waals surface area (Å²) < 4.78 is 21.7. The van der Waals surface area contributed by atoms with Gasteiger partial charge in [0.15, 0.2) is 5.75 Å². The summed E-state index contributed by atoms with van der Waals surface area (Å²) in [4.78, 5) is 25.5. The Morgan fingerprint density at radius 3 is 2.17 bits per heavy atom. The number of nitrogens with zero attached hydrogens (tertiary/aromatic N) is 2. The van der Waals surface area contributed by atoms with E-state index in [1.165, 1.54) is 46.5 Å². The van der Waals surface area contributed by atoms with E-state index in [1.807, 2.05) is 12.1 Å². The van der Waals surface area contributed by atoms with Crippen molar-refractivity contribution in [2.45, 2.75) is 6.54 Å². The van der Waals surface area contributed by atoms with Crippen molar-refractivity contribution in [3.63, 3.8) is 0 Å². The number of hydrogen-bond donors (Lipinski definition) is 0. The molecule has 0 aliphatic heterocycles. The summed E-state index contributed by atoms with van der Waals surface area (Å²) in [6.07, 6.45) is 0. The largest absolute Gasteiger partial charge is 0.496 e. The normalized spacial score (nSPS) is 10.3. The molecule has 0 spiro atoms. The molecule has 156 valence electrons. The molecule has 2 aromatic carbocycles. The maximum Gasteiger partial charge on any atom is 0.327 e. The second kappa shape index (κ2) is 9.46. The molecule has 0 atom stereocenters. The first-order valence-corrected chi connectivity index (χ1v) is 9.13. The van der Waals surface area contributed by atoms with Crippen molar-refractivity contribution < 1.29 is 28.7 Å². The van der Waals surface area contributed by atoms with Gasteiger partial charge in [0.2, 0.25) is 11.5 Å². The zero-order chi connectivity index (χ0) is 21.7.